The number of pyridine rings is 1. The van der Waals surface area contributed by atoms with Crippen LogP contribution < -0.4 is 10.1 Å². The topological polar surface area (TPSA) is 77.0 Å². The molecule has 7 heteroatoms. The lowest BCUT2D eigenvalue weighted by Crippen LogP contribution is -2.16. The van der Waals surface area contributed by atoms with Gasteiger partial charge in [0, 0.05) is 35.2 Å². The third kappa shape index (κ3) is 4.30. The molecule has 0 bridgehead atoms. The van der Waals surface area contributed by atoms with Crippen LogP contribution in [0.3, 0.4) is 0 Å². The van der Waals surface area contributed by atoms with Gasteiger partial charge >= 0.3 is 6.09 Å². The van der Waals surface area contributed by atoms with Gasteiger partial charge in [-0.3, -0.25) is 10.3 Å². The quantitative estimate of drug-likeness (QED) is 0.488. The maximum Gasteiger partial charge on any atom is 0.418 e. The van der Waals surface area contributed by atoms with Crippen LogP contribution in [0.1, 0.15) is 11.3 Å². The standard InChI is InChI=1S/C22H18N4O2S/c1-14-5-6-17(18-4-3-11-23-13-18)12-20(14)16-7-9-19(10-8-16)24-22(27)28-21-15(2)25-26-29-21/h3-13H,1-2H3,(H,24,27). The van der Waals surface area contributed by atoms with Gasteiger partial charge in [-0.25, -0.2) is 4.79 Å². The second-order valence-electron chi connectivity index (χ2n) is 6.51. The number of ether oxygens (including phenoxy) is 1. The largest absolute Gasteiger partial charge is 0.418 e. The Morgan fingerprint density at radius 1 is 1.00 bits per heavy atom. The number of nitrogens with zero attached hydrogens (tertiary/aromatic N) is 3. The van der Waals surface area contributed by atoms with E-state index in [1.54, 1.807) is 13.1 Å². The van der Waals surface area contributed by atoms with Crippen LogP contribution in [0.25, 0.3) is 22.3 Å². The van der Waals surface area contributed by atoms with Gasteiger partial charge in [0.05, 0.1) is 0 Å². The number of hydrogen-bond donors (Lipinski definition) is 1. The molecule has 0 spiro atoms. The molecule has 0 saturated heterocycles. The molecule has 29 heavy (non-hydrogen) atoms. The van der Waals surface area contributed by atoms with Crippen molar-refractivity contribution in [2.24, 2.45) is 0 Å². The number of carbonyl (C=O) groups is 1. The molecule has 4 aromatic rings. The van der Waals surface area contributed by atoms with Gasteiger partial charge in [0.25, 0.3) is 0 Å². The molecule has 0 aliphatic heterocycles. The zero-order valence-corrected chi connectivity index (χ0v) is 16.7. The number of benzene rings is 2. The first-order valence-corrected chi connectivity index (χ1v) is 9.77. The number of hydrogen-bond acceptors (Lipinski definition) is 6. The average Bonchev–Trinajstić information content (AvgIpc) is 3.14. The van der Waals surface area contributed by atoms with Crippen molar-refractivity contribution in [3.05, 3.63) is 78.2 Å². The summed E-state index contributed by atoms with van der Waals surface area (Å²) in [6.45, 7) is 3.82. The van der Waals surface area contributed by atoms with Crippen molar-refractivity contribution in [2.45, 2.75) is 13.8 Å². The number of anilines is 1. The summed E-state index contributed by atoms with van der Waals surface area (Å²) in [7, 11) is 0. The summed E-state index contributed by atoms with van der Waals surface area (Å²) in [5.41, 5.74) is 6.78. The van der Waals surface area contributed by atoms with Crippen molar-refractivity contribution in [3.8, 4) is 27.3 Å². The fourth-order valence-corrected chi connectivity index (χ4v) is 3.45. The predicted octanol–water partition coefficient (Wildman–Crippen LogP) is 5.49. The number of amides is 1. The van der Waals surface area contributed by atoms with Crippen molar-refractivity contribution in [1.29, 1.82) is 0 Å². The maximum absolute atomic E-state index is 12.1. The van der Waals surface area contributed by atoms with E-state index in [0.29, 0.717) is 16.4 Å². The van der Waals surface area contributed by atoms with Crippen molar-refractivity contribution in [1.82, 2.24) is 14.6 Å². The highest BCUT2D eigenvalue weighted by Gasteiger charge is 2.11. The van der Waals surface area contributed by atoms with Crippen LogP contribution in [-0.4, -0.2) is 20.7 Å². The molecule has 6 nitrogen and oxygen atoms in total. The highest BCUT2D eigenvalue weighted by atomic mass is 32.1. The van der Waals surface area contributed by atoms with E-state index >= 15 is 0 Å². The Hall–Kier alpha value is -3.58. The Labute approximate surface area is 172 Å². The van der Waals surface area contributed by atoms with Crippen LogP contribution >= 0.6 is 11.5 Å². The van der Waals surface area contributed by atoms with Crippen molar-refractivity contribution in [2.75, 3.05) is 5.32 Å². The molecule has 0 aliphatic rings. The third-order valence-electron chi connectivity index (χ3n) is 4.47. The summed E-state index contributed by atoms with van der Waals surface area (Å²) in [5, 5.41) is 6.93. The molecule has 2 heterocycles. The number of rotatable bonds is 4. The molecule has 0 aliphatic carbocycles. The van der Waals surface area contributed by atoms with Crippen LogP contribution in [0.2, 0.25) is 0 Å². The highest BCUT2D eigenvalue weighted by Crippen LogP contribution is 2.30. The summed E-state index contributed by atoms with van der Waals surface area (Å²) < 4.78 is 8.97. The minimum Gasteiger partial charge on any atom is -0.395 e. The van der Waals surface area contributed by atoms with Gasteiger partial charge in [0.2, 0.25) is 5.06 Å². The van der Waals surface area contributed by atoms with Gasteiger partial charge in [0.1, 0.15) is 5.69 Å². The summed E-state index contributed by atoms with van der Waals surface area (Å²) in [6, 6.07) is 18.0. The van der Waals surface area contributed by atoms with E-state index in [-0.39, 0.29) is 0 Å². The maximum atomic E-state index is 12.1. The fraction of sp³-hybridized carbons (Fsp3) is 0.0909. The van der Waals surface area contributed by atoms with Gasteiger partial charge in [0.15, 0.2) is 0 Å². The van der Waals surface area contributed by atoms with E-state index < -0.39 is 6.09 Å². The summed E-state index contributed by atoms with van der Waals surface area (Å²) >= 11 is 1.04. The van der Waals surface area contributed by atoms with E-state index in [4.69, 9.17) is 4.74 Å². The van der Waals surface area contributed by atoms with Crippen LogP contribution in [0.4, 0.5) is 10.5 Å². The first-order valence-electron chi connectivity index (χ1n) is 8.99. The molecule has 2 aromatic carbocycles. The summed E-state index contributed by atoms with van der Waals surface area (Å²) in [5.74, 6) is 0. The van der Waals surface area contributed by atoms with E-state index in [2.05, 4.69) is 45.0 Å². The number of aromatic nitrogens is 3. The Kier molecular flexibility index (Phi) is 5.31. The Bertz CT molecular complexity index is 1140. The molecule has 0 unspecified atom stereocenters. The second-order valence-corrected chi connectivity index (χ2v) is 7.23. The van der Waals surface area contributed by atoms with Gasteiger partial charge < -0.3 is 4.74 Å². The summed E-state index contributed by atoms with van der Waals surface area (Å²) in [4.78, 5) is 16.3. The zero-order valence-electron chi connectivity index (χ0n) is 15.9. The molecule has 0 atom stereocenters. The van der Waals surface area contributed by atoms with Gasteiger partial charge in [-0.1, -0.05) is 34.8 Å². The molecular weight excluding hydrogens is 384 g/mol. The van der Waals surface area contributed by atoms with Crippen LogP contribution in [-0.2, 0) is 0 Å². The lowest BCUT2D eigenvalue weighted by Gasteiger charge is -2.11. The van der Waals surface area contributed by atoms with Crippen LogP contribution in [0.5, 0.6) is 5.06 Å². The van der Waals surface area contributed by atoms with Crippen LogP contribution in [0, 0.1) is 13.8 Å². The van der Waals surface area contributed by atoms with Gasteiger partial charge in [-0.2, -0.15) is 0 Å². The first-order chi connectivity index (χ1) is 14.1. The predicted molar refractivity (Wildman–Crippen MR) is 114 cm³/mol. The molecule has 1 N–H and O–H groups in total. The smallest absolute Gasteiger partial charge is 0.395 e. The van der Waals surface area contributed by atoms with Crippen molar-refractivity contribution >= 4 is 23.3 Å². The van der Waals surface area contributed by atoms with Gasteiger partial charge in [-0.05, 0) is 60.4 Å². The van der Waals surface area contributed by atoms with Crippen molar-refractivity contribution in [3.63, 3.8) is 0 Å². The fourth-order valence-electron chi connectivity index (χ4n) is 2.92. The Balaban J connectivity index is 1.52. The van der Waals surface area contributed by atoms with E-state index in [0.717, 1.165) is 33.8 Å². The first kappa shape index (κ1) is 18.8. The molecule has 2 aromatic heterocycles. The van der Waals surface area contributed by atoms with Crippen LogP contribution in [0.15, 0.2) is 67.0 Å². The SMILES string of the molecule is Cc1ccc(-c2cccnc2)cc1-c1ccc(NC(=O)Oc2snnc2C)cc1. The monoisotopic (exact) mass is 402 g/mol. The lowest BCUT2D eigenvalue weighted by atomic mass is 9.96. The number of carbonyl (C=O) groups excluding carboxylic acids is 1. The highest BCUT2D eigenvalue weighted by molar-refractivity contribution is 7.07. The molecule has 4 rings (SSSR count). The number of aryl methyl sites for hydroxylation is 2. The van der Waals surface area contributed by atoms with E-state index in [1.807, 2.05) is 42.6 Å². The third-order valence-corrected chi connectivity index (χ3v) is 5.18. The number of nitrogens with one attached hydrogen (secondary N) is 1. The summed E-state index contributed by atoms with van der Waals surface area (Å²) in [6.07, 6.45) is 3.05. The van der Waals surface area contributed by atoms with E-state index in [9.17, 15) is 4.79 Å². The molecular formula is C22H18N4O2S. The second kappa shape index (κ2) is 8.20. The molecule has 144 valence electrons. The lowest BCUT2D eigenvalue weighted by molar-refractivity contribution is 0.216. The normalized spacial score (nSPS) is 10.6. The molecule has 1 amide bonds. The van der Waals surface area contributed by atoms with E-state index in [1.165, 1.54) is 5.56 Å². The minimum atomic E-state index is -0.568. The molecule has 0 fully saturated rings. The minimum absolute atomic E-state index is 0.391. The Morgan fingerprint density at radius 3 is 2.48 bits per heavy atom. The zero-order chi connectivity index (χ0) is 20.2. The van der Waals surface area contributed by atoms with Crippen molar-refractivity contribution < 1.29 is 9.53 Å². The average molecular weight is 402 g/mol. The van der Waals surface area contributed by atoms with Gasteiger partial charge in [-0.15, -0.1) is 5.10 Å². The molecule has 0 radical (unpaired) electrons. The Morgan fingerprint density at radius 2 is 1.79 bits per heavy atom. The molecule has 0 saturated carbocycles.